The van der Waals surface area contributed by atoms with E-state index < -0.39 is 0 Å². The van der Waals surface area contributed by atoms with Crippen LogP contribution < -0.4 is 0 Å². The molecule has 1 aliphatic rings. The van der Waals surface area contributed by atoms with Gasteiger partial charge < -0.3 is 14.6 Å². The lowest BCUT2D eigenvalue weighted by Gasteiger charge is -2.32. The van der Waals surface area contributed by atoms with Crippen molar-refractivity contribution in [2.45, 2.75) is 6.10 Å². The molecule has 23 heavy (non-hydrogen) atoms. The Bertz CT molecular complexity index is 833. The standard InChI is InChI=1S/C16H15N5O2/c22-16(11-1-2-12-13(7-11)20-10-19-12)21-5-6-23-15(9-21)14-8-17-3-4-18-14/h1-4,7-8,10,15H,5-6,9H2,(H,19,20)/t15-/m1/s1. The van der Waals surface area contributed by atoms with Crippen LogP contribution in [0.1, 0.15) is 22.2 Å². The molecule has 0 unspecified atom stereocenters. The van der Waals surface area contributed by atoms with Crippen molar-refractivity contribution in [1.82, 2.24) is 24.8 Å². The number of carbonyl (C=O) groups excluding carboxylic acids is 1. The number of morpholine rings is 1. The first kappa shape index (κ1) is 13.8. The summed E-state index contributed by atoms with van der Waals surface area (Å²) in [7, 11) is 0. The molecule has 0 spiro atoms. The first-order valence-electron chi connectivity index (χ1n) is 7.41. The molecule has 4 rings (SSSR count). The van der Waals surface area contributed by atoms with E-state index in [0.717, 1.165) is 16.7 Å². The van der Waals surface area contributed by atoms with Gasteiger partial charge in [-0.25, -0.2) is 4.98 Å². The van der Waals surface area contributed by atoms with Crippen LogP contribution in [0.5, 0.6) is 0 Å². The molecule has 1 amide bonds. The molecule has 3 heterocycles. The molecule has 116 valence electrons. The molecule has 1 aliphatic heterocycles. The van der Waals surface area contributed by atoms with Gasteiger partial charge in [0, 0.05) is 24.5 Å². The van der Waals surface area contributed by atoms with Crippen molar-refractivity contribution >= 4 is 16.9 Å². The molecule has 1 saturated heterocycles. The highest BCUT2D eigenvalue weighted by molar-refractivity contribution is 5.97. The van der Waals surface area contributed by atoms with Crippen LogP contribution in [0.25, 0.3) is 11.0 Å². The summed E-state index contributed by atoms with van der Waals surface area (Å²) >= 11 is 0. The Kier molecular flexibility index (Phi) is 3.47. The minimum absolute atomic E-state index is 0.0151. The Morgan fingerprint density at radius 2 is 2.26 bits per heavy atom. The van der Waals surface area contributed by atoms with Gasteiger partial charge in [-0.3, -0.25) is 14.8 Å². The Morgan fingerprint density at radius 3 is 3.13 bits per heavy atom. The molecule has 0 radical (unpaired) electrons. The Hall–Kier alpha value is -2.80. The van der Waals surface area contributed by atoms with E-state index in [9.17, 15) is 4.79 Å². The monoisotopic (exact) mass is 309 g/mol. The van der Waals surface area contributed by atoms with Gasteiger partial charge >= 0.3 is 0 Å². The summed E-state index contributed by atoms with van der Waals surface area (Å²) in [6.07, 6.45) is 6.31. The molecule has 1 atom stereocenters. The van der Waals surface area contributed by atoms with Crippen LogP contribution >= 0.6 is 0 Å². The highest BCUT2D eigenvalue weighted by Gasteiger charge is 2.27. The van der Waals surface area contributed by atoms with Crippen LogP contribution in [0.4, 0.5) is 0 Å². The summed E-state index contributed by atoms with van der Waals surface area (Å²) < 4.78 is 5.73. The molecule has 2 aromatic heterocycles. The molecular weight excluding hydrogens is 294 g/mol. The third-order valence-corrected chi connectivity index (χ3v) is 3.93. The molecule has 1 N–H and O–H groups in total. The molecule has 7 heteroatoms. The lowest BCUT2D eigenvalue weighted by atomic mass is 10.1. The number of nitrogens with one attached hydrogen (secondary N) is 1. The minimum Gasteiger partial charge on any atom is -0.368 e. The van der Waals surface area contributed by atoms with Crippen LogP contribution in [0.3, 0.4) is 0 Å². The number of aromatic nitrogens is 4. The zero-order valence-electron chi connectivity index (χ0n) is 12.3. The highest BCUT2D eigenvalue weighted by Crippen LogP contribution is 2.22. The van der Waals surface area contributed by atoms with Crippen LogP contribution in [-0.4, -0.2) is 50.4 Å². The molecule has 3 aromatic rings. The molecule has 7 nitrogen and oxygen atoms in total. The normalized spacial score (nSPS) is 18.3. The molecular formula is C16H15N5O2. The van der Waals surface area contributed by atoms with E-state index >= 15 is 0 Å². The average molecular weight is 309 g/mol. The van der Waals surface area contributed by atoms with E-state index in [-0.39, 0.29) is 12.0 Å². The number of hydrogen-bond acceptors (Lipinski definition) is 5. The van der Waals surface area contributed by atoms with E-state index in [2.05, 4.69) is 19.9 Å². The lowest BCUT2D eigenvalue weighted by Crippen LogP contribution is -2.42. The topological polar surface area (TPSA) is 84.0 Å². The van der Waals surface area contributed by atoms with E-state index in [0.29, 0.717) is 25.3 Å². The molecule has 1 fully saturated rings. The van der Waals surface area contributed by atoms with Crippen LogP contribution in [0.15, 0.2) is 43.1 Å². The number of amides is 1. The van der Waals surface area contributed by atoms with Crippen molar-refractivity contribution in [2.75, 3.05) is 19.7 Å². The third-order valence-electron chi connectivity index (χ3n) is 3.93. The summed E-state index contributed by atoms with van der Waals surface area (Å²) in [6.45, 7) is 1.52. The van der Waals surface area contributed by atoms with Crippen molar-refractivity contribution in [1.29, 1.82) is 0 Å². The van der Waals surface area contributed by atoms with Crippen molar-refractivity contribution < 1.29 is 9.53 Å². The minimum atomic E-state index is -0.239. The summed E-state index contributed by atoms with van der Waals surface area (Å²) in [5.41, 5.74) is 3.09. The zero-order valence-corrected chi connectivity index (χ0v) is 12.3. The number of H-pyrrole nitrogens is 1. The van der Waals surface area contributed by atoms with Gasteiger partial charge in [0.15, 0.2) is 0 Å². The van der Waals surface area contributed by atoms with Gasteiger partial charge in [0.1, 0.15) is 6.10 Å². The van der Waals surface area contributed by atoms with Gasteiger partial charge in [-0.1, -0.05) is 0 Å². The molecule has 1 aromatic carbocycles. The van der Waals surface area contributed by atoms with Crippen LogP contribution in [0, 0.1) is 0 Å². The fourth-order valence-corrected chi connectivity index (χ4v) is 2.74. The second kappa shape index (κ2) is 5.77. The third kappa shape index (κ3) is 2.66. The predicted octanol–water partition coefficient (Wildman–Crippen LogP) is 1.57. The number of rotatable bonds is 2. The quantitative estimate of drug-likeness (QED) is 0.776. The average Bonchev–Trinajstić information content (AvgIpc) is 3.09. The van der Waals surface area contributed by atoms with Gasteiger partial charge in [0.2, 0.25) is 0 Å². The number of carbonyl (C=O) groups is 1. The maximum Gasteiger partial charge on any atom is 0.254 e. The number of fused-ring (bicyclic) bond motifs is 1. The van der Waals surface area contributed by atoms with E-state index in [1.807, 2.05) is 12.1 Å². The first-order valence-corrected chi connectivity index (χ1v) is 7.41. The largest absolute Gasteiger partial charge is 0.368 e. The molecule has 0 bridgehead atoms. The summed E-state index contributed by atoms with van der Waals surface area (Å²) in [6, 6.07) is 5.48. The second-order valence-corrected chi connectivity index (χ2v) is 5.38. The second-order valence-electron chi connectivity index (χ2n) is 5.38. The summed E-state index contributed by atoms with van der Waals surface area (Å²) in [5.74, 6) is -0.0151. The Labute approximate surface area is 132 Å². The Morgan fingerprint density at radius 1 is 1.30 bits per heavy atom. The van der Waals surface area contributed by atoms with Gasteiger partial charge in [-0.05, 0) is 18.2 Å². The van der Waals surface area contributed by atoms with Crippen LogP contribution in [-0.2, 0) is 4.74 Å². The van der Waals surface area contributed by atoms with Gasteiger partial charge in [0.25, 0.3) is 5.91 Å². The van der Waals surface area contributed by atoms with E-state index in [1.165, 1.54) is 0 Å². The van der Waals surface area contributed by atoms with Gasteiger partial charge in [-0.15, -0.1) is 0 Å². The van der Waals surface area contributed by atoms with Gasteiger partial charge in [0.05, 0.1) is 42.4 Å². The highest BCUT2D eigenvalue weighted by atomic mass is 16.5. The smallest absolute Gasteiger partial charge is 0.254 e. The number of hydrogen-bond donors (Lipinski definition) is 1. The zero-order chi connectivity index (χ0) is 15.6. The van der Waals surface area contributed by atoms with Gasteiger partial charge in [-0.2, -0.15) is 0 Å². The van der Waals surface area contributed by atoms with Crippen molar-refractivity contribution in [2.24, 2.45) is 0 Å². The maximum atomic E-state index is 12.7. The number of ether oxygens (including phenoxy) is 1. The number of nitrogens with zero attached hydrogens (tertiary/aromatic N) is 4. The molecule has 0 aliphatic carbocycles. The SMILES string of the molecule is O=C(c1ccc2nc[nH]c2c1)N1CCO[C@@H](c2cnccn2)C1. The number of benzene rings is 1. The van der Waals surface area contributed by atoms with E-state index in [4.69, 9.17) is 4.74 Å². The number of aromatic amines is 1. The van der Waals surface area contributed by atoms with Crippen LogP contribution in [0.2, 0.25) is 0 Å². The number of imidazole rings is 1. The summed E-state index contributed by atoms with van der Waals surface area (Å²) in [4.78, 5) is 30.1. The maximum absolute atomic E-state index is 12.7. The van der Waals surface area contributed by atoms with Crippen molar-refractivity contribution in [3.63, 3.8) is 0 Å². The first-order chi connectivity index (χ1) is 11.3. The predicted molar refractivity (Wildman–Crippen MR) is 82.7 cm³/mol. The van der Waals surface area contributed by atoms with E-state index in [1.54, 1.807) is 35.9 Å². The van der Waals surface area contributed by atoms with Crippen molar-refractivity contribution in [3.8, 4) is 0 Å². The van der Waals surface area contributed by atoms with Crippen molar-refractivity contribution in [3.05, 3.63) is 54.4 Å². The fourth-order valence-electron chi connectivity index (χ4n) is 2.74. The fraction of sp³-hybridized carbons (Fsp3) is 0.250. The lowest BCUT2D eigenvalue weighted by molar-refractivity contribution is -0.0248. The molecule has 0 saturated carbocycles. The Balaban J connectivity index is 1.55. The summed E-state index contributed by atoms with van der Waals surface area (Å²) in [5, 5.41) is 0.